The zero-order valence-electron chi connectivity index (χ0n) is 11.8. The van der Waals surface area contributed by atoms with Crippen molar-refractivity contribution in [3.05, 3.63) is 77.4 Å². The molecule has 0 aliphatic rings. The van der Waals surface area contributed by atoms with Crippen LogP contribution in [0.15, 0.2) is 66.9 Å². The van der Waals surface area contributed by atoms with Crippen molar-refractivity contribution in [1.29, 1.82) is 0 Å². The van der Waals surface area contributed by atoms with Crippen LogP contribution in [0.1, 0.15) is 5.56 Å². The number of hydrogen-bond acceptors (Lipinski definition) is 3. The molecule has 3 nitrogen and oxygen atoms in total. The number of halogens is 1. The molecule has 0 bridgehead atoms. The number of nitrogens with one attached hydrogen (secondary N) is 1. The number of aliphatic hydroxyl groups excluding tert-OH is 1. The molecule has 1 heterocycles. The molecule has 0 radical (unpaired) electrons. The van der Waals surface area contributed by atoms with E-state index in [0.717, 1.165) is 28.2 Å². The van der Waals surface area contributed by atoms with Crippen LogP contribution in [-0.2, 0) is 6.61 Å². The van der Waals surface area contributed by atoms with Crippen LogP contribution < -0.4 is 5.32 Å². The molecule has 2 N–H and O–H groups in total. The molecular formula is C18H15ClN2O. The molecule has 0 atom stereocenters. The molecule has 0 aliphatic heterocycles. The Morgan fingerprint density at radius 3 is 2.59 bits per heavy atom. The van der Waals surface area contributed by atoms with Crippen LogP contribution in [0.3, 0.4) is 0 Å². The van der Waals surface area contributed by atoms with Crippen LogP contribution in [0.25, 0.3) is 11.1 Å². The number of aromatic nitrogens is 1. The first-order valence-electron chi connectivity index (χ1n) is 6.94. The van der Waals surface area contributed by atoms with Crippen LogP contribution in [0.5, 0.6) is 0 Å². The van der Waals surface area contributed by atoms with Gasteiger partial charge in [-0.05, 0) is 41.5 Å². The fraction of sp³-hybridized carbons (Fsp3) is 0.0556. The molecule has 0 spiro atoms. The number of nitrogens with zero attached hydrogens (tertiary/aromatic N) is 1. The monoisotopic (exact) mass is 310 g/mol. The van der Waals surface area contributed by atoms with Gasteiger partial charge in [0.1, 0.15) is 5.82 Å². The molecule has 0 aliphatic carbocycles. The first-order valence-corrected chi connectivity index (χ1v) is 7.32. The highest BCUT2D eigenvalue weighted by Crippen LogP contribution is 2.25. The summed E-state index contributed by atoms with van der Waals surface area (Å²) in [4.78, 5) is 4.42. The van der Waals surface area contributed by atoms with Crippen molar-refractivity contribution in [3.63, 3.8) is 0 Å². The molecular weight excluding hydrogens is 296 g/mol. The predicted octanol–water partition coefficient (Wildman–Crippen LogP) is 4.64. The minimum absolute atomic E-state index is 0.0126. The van der Waals surface area contributed by atoms with Gasteiger partial charge in [-0.1, -0.05) is 41.9 Å². The molecule has 2 aromatic carbocycles. The van der Waals surface area contributed by atoms with Crippen LogP contribution in [-0.4, -0.2) is 10.1 Å². The van der Waals surface area contributed by atoms with Crippen LogP contribution in [0.2, 0.25) is 5.02 Å². The molecule has 22 heavy (non-hydrogen) atoms. The van der Waals surface area contributed by atoms with E-state index in [1.807, 2.05) is 60.7 Å². The number of hydrogen-bond donors (Lipinski definition) is 2. The van der Waals surface area contributed by atoms with Gasteiger partial charge in [0.15, 0.2) is 0 Å². The second kappa shape index (κ2) is 6.60. The fourth-order valence-electron chi connectivity index (χ4n) is 2.28. The summed E-state index contributed by atoms with van der Waals surface area (Å²) >= 11 is 5.97. The zero-order chi connectivity index (χ0) is 15.4. The van der Waals surface area contributed by atoms with Crippen molar-refractivity contribution >= 4 is 23.1 Å². The summed E-state index contributed by atoms with van der Waals surface area (Å²) in [6, 6.07) is 19.1. The molecule has 0 amide bonds. The maximum Gasteiger partial charge on any atom is 0.130 e. The molecule has 4 heteroatoms. The highest BCUT2D eigenvalue weighted by molar-refractivity contribution is 6.30. The van der Waals surface area contributed by atoms with Crippen molar-refractivity contribution in [1.82, 2.24) is 4.98 Å². The van der Waals surface area contributed by atoms with Gasteiger partial charge in [0, 0.05) is 22.5 Å². The maximum absolute atomic E-state index is 9.41. The van der Waals surface area contributed by atoms with E-state index in [1.165, 1.54) is 0 Å². The second-order valence-corrected chi connectivity index (χ2v) is 5.32. The normalized spacial score (nSPS) is 10.5. The summed E-state index contributed by atoms with van der Waals surface area (Å²) in [6.45, 7) is 0.0126. The Morgan fingerprint density at radius 2 is 1.86 bits per heavy atom. The van der Waals surface area contributed by atoms with Gasteiger partial charge in [-0.2, -0.15) is 0 Å². The third-order valence-electron chi connectivity index (χ3n) is 3.36. The summed E-state index contributed by atoms with van der Waals surface area (Å²) in [5, 5.41) is 13.3. The van der Waals surface area contributed by atoms with Gasteiger partial charge >= 0.3 is 0 Å². The third-order valence-corrected chi connectivity index (χ3v) is 3.59. The van der Waals surface area contributed by atoms with Gasteiger partial charge in [-0.3, -0.25) is 0 Å². The lowest BCUT2D eigenvalue weighted by atomic mass is 10.0. The van der Waals surface area contributed by atoms with E-state index in [9.17, 15) is 5.11 Å². The van der Waals surface area contributed by atoms with Gasteiger partial charge in [0.05, 0.1) is 6.61 Å². The molecule has 0 unspecified atom stereocenters. The maximum atomic E-state index is 9.41. The minimum Gasteiger partial charge on any atom is -0.392 e. The number of benzene rings is 2. The van der Waals surface area contributed by atoms with Crippen molar-refractivity contribution in [2.24, 2.45) is 0 Å². The topological polar surface area (TPSA) is 45.1 Å². The Labute approximate surface area is 134 Å². The lowest BCUT2D eigenvalue weighted by Gasteiger charge is -2.09. The number of aliphatic hydroxyl groups is 1. The SMILES string of the molecule is OCc1ccccc1-c1ccc(Nc2cccc(Cl)c2)nc1. The molecule has 3 aromatic rings. The molecule has 0 saturated carbocycles. The van der Waals surface area contributed by atoms with Gasteiger partial charge in [0.25, 0.3) is 0 Å². The van der Waals surface area contributed by atoms with E-state index in [-0.39, 0.29) is 6.61 Å². The lowest BCUT2D eigenvalue weighted by molar-refractivity contribution is 0.282. The third kappa shape index (κ3) is 3.27. The van der Waals surface area contributed by atoms with Crippen LogP contribution in [0.4, 0.5) is 11.5 Å². The molecule has 0 fully saturated rings. The summed E-state index contributed by atoms with van der Waals surface area (Å²) in [5.41, 5.74) is 3.75. The fourth-order valence-corrected chi connectivity index (χ4v) is 2.47. The van der Waals surface area contributed by atoms with Crippen LogP contribution in [0, 0.1) is 0 Å². The Morgan fingerprint density at radius 1 is 1.00 bits per heavy atom. The highest BCUT2D eigenvalue weighted by atomic mass is 35.5. The highest BCUT2D eigenvalue weighted by Gasteiger charge is 2.04. The average molecular weight is 311 g/mol. The van der Waals surface area contributed by atoms with Crippen molar-refractivity contribution < 1.29 is 5.11 Å². The number of rotatable bonds is 4. The molecule has 1 aromatic heterocycles. The molecule has 3 rings (SSSR count). The summed E-state index contributed by atoms with van der Waals surface area (Å²) in [5.74, 6) is 0.743. The van der Waals surface area contributed by atoms with Gasteiger partial charge in [0.2, 0.25) is 0 Å². The smallest absolute Gasteiger partial charge is 0.130 e. The van der Waals surface area contributed by atoms with E-state index in [1.54, 1.807) is 6.20 Å². The Hall–Kier alpha value is -2.36. The van der Waals surface area contributed by atoms with Gasteiger partial charge < -0.3 is 10.4 Å². The average Bonchev–Trinajstić information content (AvgIpc) is 2.56. The summed E-state index contributed by atoms with van der Waals surface area (Å²) in [6.07, 6.45) is 1.79. The quantitative estimate of drug-likeness (QED) is 0.738. The van der Waals surface area contributed by atoms with E-state index in [2.05, 4.69) is 10.3 Å². The first kappa shape index (κ1) is 14.6. The van der Waals surface area contributed by atoms with Gasteiger partial charge in [-0.25, -0.2) is 4.98 Å². The van der Waals surface area contributed by atoms with Crippen molar-refractivity contribution in [2.75, 3.05) is 5.32 Å². The van der Waals surface area contributed by atoms with Gasteiger partial charge in [-0.15, -0.1) is 0 Å². The van der Waals surface area contributed by atoms with E-state index in [0.29, 0.717) is 5.02 Å². The zero-order valence-corrected chi connectivity index (χ0v) is 12.6. The van der Waals surface area contributed by atoms with E-state index in [4.69, 9.17) is 11.6 Å². The van der Waals surface area contributed by atoms with Crippen LogP contribution >= 0.6 is 11.6 Å². The molecule has 0 saturated heterocycles. The standard InChI is InChI=1S/C18H15ClN2O/c19-15-5-3-6-16(10-15)21-18-9-8-13(11-20-18)17-7-2-1-4-14(17)12-22/h1-11,22H,12H2,(H,20,21). The van der Waals surface area contributed by atoms with E-state index < -0.39 is 0 Å². The Bertz CT molecular complexity index is 772. The number of anilines is 2. The Kier molecular flexibility index (Phi) is 4.37. The van der Waals surface area contributed by atoms with Crippen molar-refractivity contribution in [2.45, 2.75) is 6.61 Å². The second-order valence-electron chi connectivity index (χ2n) is 4.88. The predicted molar refractivity (Wildman–Crippen MR) is 90.3 cm³/mol. The number of pyridine rings is 1. The summed E-state index contributed by atoms with van der Waals surface area (Å²) < 4.78 is 0. The first-order chi connectivity index (χ1) is 10.8. The lowest BCUT2D eigenvalue weighted by Crippen LogP contribution is -1.94. The van der Waals surface area contributed by atoms with E-state index >= 15 is 0 Å². The van der Waals surface area contributed by atoms with Crippen molar-refractivity contribution in [3.8, 4) is 11.1 Å². The largest absolute Gasteiger partial charge is 0.392 e. The summed E-state index contributed by atoms with van der Waals surface area (Å²) in [7, 11) is 0. The molecule has 110 valence electrons. The Balaban J connectivity index is 1.84. The minimum atomic E-state index is 0.0126.